The van der Waals surface area contributed by atoms with Gasteiger partial charge in [0.25, 0.3) is 0 Å². The molecule has 20 heavy (non-hydrogen) atoms. The van der Waals surface area contributed by atoms with Gasteiger partial charge in [-0.2, -0.15) is 0 Å². The molecule has 0 radical (unpaired) electrons. The molecule has 0 aromatic carbocycles. The molecule has 0 saturated heterocycles. The maximum absolute atomic E-state index is 12.3. The third kappa shape index (κ3) is 8.22. The fourth-order valence-electron chi connectivity index (χ4n) is 1.89. The first kappa shape index (κ1) is 21.3. The van der Waals surface area contributed by atoms with Gasteiger partial charge in [-0.25, -0.2) is 4.79 Å². The van der Waals surface area contributed by atoms with Crippen molar-refractivity contribution in [2.24, 2.45) is 16.9 Å². The molecule has 1 atom stereocenters. The standard InChI is InChI=1S/C13H28N4O2.ClH/c1-5-6-7-10(16-12(15)19)11(18)17(4)9-13(2,3)8-14;/h10H,5-9,14H2,1-4H3,(H3,15,16,19);1H. The average Bonchev–Trinajstić information content (AvgIpc) is 2.32. The minimum absolute atomic E-state index is 0. The molecule has 6 nitrogen and oxygen atoms in total. The van der Waals surface area contributed by atoms with E-state index >= 15 is 0 Å². The molecular formula is C13H29ClN4O2. The Morgan fingerprint density at radius 1 is 1.35 bits per heavy atom. The minimum atomic E-state index is -0.666. The number of primary amides is 1. The van der Waals surface area contributed by atoms with Crippen LogP contribution in [0.1, 0.15) is 40.0 Å². The minimum Gasteiger partial charge on any atom is -0.352 e. The van der Waals surface area contributed by atoms with Gasteiger partial charge in [-0.1, -0.05) is 33.6 Å². The average molecular weight is 309 g/mol. The maximum Gasteiger partial charge on any atom is 0.312 e. The van der Waals surface area contributed by atoms with E-state index in [4.69, 9.17) is 11.5 Å². The first-order chi connectivity index (χ1) is 8.73. The van der Waals surface area contributed by atoms with Crippen molar-refractivity contribution >= 4 is 24.3 Å². The third-order valence-electron chi connectivity index (χ3n) is 3.05. The fraction of sp³-hybridized carbons (Fsp3) is 0.846. The highest BCUT2D eigenvalue weighted by atomic mass is 35.5. The number of amides is 3. The van der Waals surface area contributed by atoms with Crippen LogP contribution in [0, 0.1) is 5.41 Å². The molecule has 0 aliphatic rings. The van der Waals surface area contributed by atoms with Crippen molar-refractivity contribution in [3.8, 4) is 0 Å². The molecule has 0 saturated carbocycles. The summed E-state index contributed by atoms with van der Waals surface area (Å²) < 4.78 is 0. The Kier molecular flexibility index (Phi) is 10.5. The molecule has 0 aromatic heterocycles. The molecule has 0 spiro atoms. The number of nitrogens with one attached hydrogen (secondary N) is 1. The number of carbonyl (C=O) groups is 2. The van der Waals surface area contributed by atoms with Crippen molar-refractivity contribution in [1.82, 2.24) is 10.2 Å². The topological polar surface area (TPSA) is 101 Å². The fourth-order valence-corrected chi connectivity index (χ4v) is 1.89. The quantitative estimate of drug-likeness (QED) is 0.625. The number of carbonyl (C=O) groups excluding carboxylic acids is 2. The molecule has 0 rings (SSSR count). The van der Waals surface area contributed by atoms with Crippen molar-refractivity contribution in [1.29, 1.82) is 0 Å². The van der Waals surface area contributed by atoms with Crippen molar-refractivity contribution in [2.75, 3.05) is 20.1 Å². The number of hydrogen-bond acceptors (Lipinski definition) is 3. The number of likely N-dealkylation sites (N-methyl/N-ethyl adjacent to an activating group) is 1. The van der Waals surface area contributed by atoms with E-state index in [1.807, 2.05) is 20.8 Å². The van der Waals surface area contributed by atoms with Crippen LogP contribution in [0.3, 0.4) is 0 Å². The molecule has 7 heteroatoms. The van der Waals surface area contributed by atoms with E-state index in [1.165, 1.54) is 0 Å². The molecule has 5 N–H and O–H groups in total. The summed E-state index contributed by atoms with van der Waals surface area (Å²) in [5.41, 5.74) is 10.6. The van der Waals surface area contributed by atoms with E-state index < -0.39 is 12.1 Å². The summed E-state index contributed by atoms with van der Waals surface area (Å²) in [6, 6.07) is -1.21. The SMILES string of the molecule is CCCCC(NC(N)=O)C(=O)N(C)CC(C)(C)CN.Cl. The number of nitrogens with two attached hydrogens (primary N) is 2. The lowest BCUT2D eigenvalue weighted by Crippen LogP contribution is -2.51. The molecule has 0 heterocycles. The van der Waals surface area contributed by atoms with Crippen LogP contribution in [0.25, 0.3) is 0 Å². The Hall–Kier alpha value is -1.01. The summed E-state index contributed by atoms with van der Waals surface area (Å²) in [7, 11) is 1.72. The normalized spacial score (nSPS) is 12.2. The van der Waals surface area contributed by atoms with Gasteiger partial charge in [0.05, 0.1) is 0 Å². The molecule has 0 fully saturated rings. The molecule has 3 amide bonds. The van der Waals surface area contributed by atoms with Gasteiger partial charge in [-0.15, -0.1) is 12.4 Å². The molecule has 120 valence electrons. The van der Waals surface area contributed by atoms with Gasteiger partial charge in [0, 0.05) is 13.6 Å². The lowest BCUT2D eigenvalue weighted by molar-refractivity contribution is -0.133. The highest BCUT2D eigenvalue weighted by Crippen LogP contribution is 2.15. The summed E-state index contributed by atoms with van der Waals surface area (Å²) in [4.78, 5) is 24.9. The van der Waals surface area contributed by atoms with Crippen molar-refractivity contribution < 1.29 is 9.59 Å². The van der Waals surface area contributed by atoms with Crippen LogP contribution < -0.4 is 16.8 Å². The van der Waals surface area contributed by atoms with Crippen LogP contribution in [-0.2, 0) is 4.79 Å². The first-order valence-electron chi connectivity index (χ1n) is 6.74. The van der Waals surface area contributed by atoms with Gasteiger partial charge in [-0.3, -0.25) is 4.79 Å². The molecule has 0 aliphatic heterocycles. The predicted molar refractivity (Wildman–Crippen MR) is 83.8 cm³/mol. The zero-order chi connectivity index (χ0) is 15.1. The summed E-state index contributed by atoms with van der Waals surface area (Å²) in [5.74, 6) is -0.117. The van der Waals surface area contributed by atoms with Crippen LogP contribution in [0.2, 0.25) is 0 Å². The summed E-state index contributed by atoms with van der Waals surface area (Å²) in [6.45, 7) is 7.07. The summed E-state index contributed by atoms with van der Waals surface area (Å²) in [6.07, 6.45) is 2.43. The van der Waals surface area contributed by atoms with Crippen LogP contribution in [0.5, 0.6) is 0 Å². The van der Waals surface area contributed by atoms with Gasteiger partial charge < -0.3 is 21.7 Å². The molecule has 0 bridgehead atoms. The van der Waals surface area contributed by atoms with E-state index in [-0.39, 0.29) is 23.7 Å². The first-order valence-corrected chi connectivity index (χ1v) is 6.74. The maximum atomic E-state index is 12.3. The van der Waals surface area contributed by atoms with Crippen LogP contribution >= 0.6 is 12.4 Å². The molecule has 0 aromatic rings. The highest BCUT2D eigenvalue weighted by Gasteiger charge is 2.26. The monoisotopic (exact) mass is 308 g/mol. The lowest BCUT2D eigenvalue weighted by atomic mass is 9.93. The zero-order valence-electron chi connectivity index (χ0n) is 12.9. The highest BCUT2D eigenvalue weighted by molar-refractivity contribution is 5.86. The third-order valence-corrected chi connectivity index (χ3v) is 3.05. The van der Waals surface area contributed by atoms with E-state index in [0.29, 0.717) is 19.5 Å². The smallest absolute Gasteiger partial charge is 0.312 e. The Morgan fingerprint density at radius 2 is 1.90 bits per heavy atom. The largest absolute Gasteiger partial charge is 0.352 e. The van der Waals surface area contributed by atoms with Gasteiger partial charge in [0.2, 0.25) is 5.91 Å². The lowest BCUT2D eigenvalue weighted by Gasteiger charge is -2.31. The predicted octanol–water partition coefficient (Wildman–Crippen LogP) is 1.08. The number of halogens is 1. The number of nitrogens with zero attached hydrogens (tertiary/aromatic N) is 1. The Balaban J connectivity index is 0. The summed E-state index contributed by atoms with van der Waals surface area (Å²) >= 11 is 0. The number of hydrogen-bond donors (Lipinski definition) is 3. The van der Waals surface area contributed by atoms with Crippen molar-refractivity contribution in [2.45, 2.75) is 46.1 Å². The van der Waals surface area contributed by atoms with Crippen LogP contribution in [0.15, 0.2) is 0 Å². The zero-order valence-corrected chi connectivity index (χ0v) is 13.8. The van der Waals surface area contributed by atoms with E-state index in [2.05, 4.69) is 5.32 Å². The van der Waals surface area contributed by atoms with Crippen molar-refractivity contribution in [3.05, 3.63) is 0 Å². The molecule has 0 aliphatic carbocycles. The molecular weight excluding hydrogens is 280 g/mol. The number of unbranched alkanes of at least 4 members (excludes halogenated alkanes) is 1. The van der Waals surface area contributed by atoms with Gasteiger partial charge in [0.15, 0.2) is 0 Å². The number of rotatable bonds is 8. The second-order valence-corrected chi connectivity index (χ2v) is 5.77. The van der Waals surface area contributed by atoms with Gasteiger partial charge in [0.1, 0.15) is 6.04 Å². The van der Waals surface area contributed by atoms with Gasteiger partial charge in [-0.05, 0) is 18.4 Å². The van der Waals surface area contributed by atoms with Gasteiger partial charge >= 0.3 is 6.03 Å². The second kappa shape index (κ2) is 9.83. The Morgan fingerprint density at radius 3 is 2.30 bits per heavy atom. The van der Waals surface area contributed by atoms with Crippen molar-refractivity contribution in [3.63, 3.8) is 0 Å². The summed E-state index contributed by atoms with van der Waals surface area (Å²) in [5, 5.41) is 2.52. The van der Waals surface area contributed by atoms with Crippen LogP contribution in [-0.4, -0.2) is 43.0 Å². The van der Waals surface area contributed by atoms with E-state index in [1.54, 1.807) is 11.9 Å². The van der Waals surface area contributed by atoms with E-state index in [0.717, 1.165) is 12.8 Å². The molecule has 1 unspecified atom stereocenters. The van der Waals surface area contributed by atoms with Crippen LogP contribution in [0.4, 0.5) is 4.79 Å². The second-order valence-electron chi connectivity index (χ2n) is 5.77. The Bertz CT molecular complexity index is 311. The van der Waals surface area contributed by atoms with E-state index in [9.17, 15) is 9.59 Å². The Labute approximate surface area is 128 Å². The number of urea groups is 1.